The zero-order valence-electron chi connectivity index (χ0n) is 17.4. The van der Waals surface area contributed by atoms with E-state index in [1.807, 2.05) is 0 Å². The molecule has 1 atom stereocenters. The van der Waals surface area contributed by atoms with Crippen LogP contribution in [0.1, 0.15) is 34.6 Å². The predicted molar refractivity (Wildman–Crippen MR) is 142 cm³/mol. The van der Waals surface area contributed by atoms with E-state index in [2.05, 4.69) is 69.0 Å². The largest absolute Gasteiger partial charge is 0.454 e. The van der Waals surface area contributed by atoms with Gasteiger partial charge in [-0.25, -0.2) is 4.79 Å². The number of carbonyl (C=O) groups is 4. The first-order chi connectivity index (χ1) is 15.8. The number of ether oxygens (including phenoxy) is 1. The van der Waals surface area contributed by atoms with Crippen molar-refractivity contribution in [2.75, 3.05) is 11.9 Å². The van der Waals surface area contributed by atoms with Gasteiger partial charge in [0.25, 0.3) is 17.7 Å². The zero-order valence-corrected chi connectivity index (χ0v) is 25.2. The zero-order chi connectivity index (χ0) is 25.5. The number of carbonyl (C=O) groups excluding carboxylic acids is 4. The van der Waals surface area contributed by atoms with Crippen LogP contribution in [0.25, 0.3) is 0 Å². The predicted octanol–water partition coefficient (Wildman–Crippen LogP) is 6.85. The van der Waals surface area contributed by atoms with Crippen molar-refractivity contribution in [1.29, 1.82) is 0 Å². The highest BCUT2D eigenvalue weighted by Gasteiger charge is 2.47. The first-order valence-electron chi connectivity index (χ1n) is 9.51. The lowest BCUT2D eigenvalue weighted by atomic mass is 10.0. The Morgan fingerprint density at radius 2 is 1.38 bits per heavy atom. The fourth-order valence-corrected chi connectivity index (χ4v) is 6.32. The van der Waals surface area contributed by atoms with Crippen molar-refractivity contribution in [3.8, 4) is 0 Å². The molecule has 0 aliphatic carbocycles. The van der Waals surface area contributed by atoms with Crippen LogP contribution in [-0.4, -0.2) is 41.2 Å². The Bertz CT molecular complexity index is 1170. The van der Waals surface area contributed by atoms with E-state index in [4.69, 9.17) is 27.9 Å². The van der Waals surface area contributed by atoms with E-state index in [1.165, 1.54) is 18.2 Å². The maximum absolute atomic E-state index is 13.2. The molecule has 0 bridgehead atoms. The average molecular weight is 765 g/mol. The lowest BCUT2D eigenvalue weighted by molar-refractivity contribution is -0.152. The van der Waals surface area contributed by atoms with Crippen molar-refractivity contribution in [1.82, 2.24) is 4.90 Å². The molecule has 1 N–H and O–H groups in total. The van der Waals surface area contributed by atoms with E-state index in [9.17, 15) is 19.2 Å². The smallest absolute Gasteiger partial charge is 0.330 e. The van der Waals surface area contributed by atoms with Crippen LogP contribution in [0.5, 0.6) is 0 Å². The number of anilines is 1. The van der Waals surface area contributed by atoms with Crippen LogP contribution < -0.4 is 5.32 Å². The van der Waals surface area contributed by atoms with Gasteiger partial charge < -0.3 is 10.1 Å². The maximum atomic E-state index is 13.2. The average Bonchev–Trinajstić information content (AvgIpc) is 2.99. The summed E-state index contributed by atoms with van der Waals surface area (Å²) in [5.41, 5.74) is 0.548. The van der Waals surface area contributed by atoms with Gasteiger partial charge in [0.2, 0.25) is 0 Å². The van der Waals surface area contributed by atoms with Crippen molar-refractivity contribution in [2.45, 2.75) is 19.9 Å². The summed E-state index contributed by atoms with van der Waals surface area (Å²) in [5.74, 6) is -3.35. The van der Waals surface area contributed by atoms with Crippen LogP contribution in [0.4, 0.5) is 5.69 Å². The van der Waals surface area contributed by atoms with E-state index in [-0.39, 0.29) is 11.1 Å². The van der Waals surface area contributed by atoms with Crippen LogP contribution in [0, 0.1) is 5.92 Å². The number of amides is 3. The van der Waals surface area contributed by atoms with Crippen LogP contribution >= 0.6 is 86.9 Å². The first-order valence-corrected chi connectivity index (χ1v) is 13.4. The summed E-state index contributed by atoms with van der Waals surface area (Å²) in [6.45, 7) is 2.69. The van der Waals surface area contributed by atoms with Crippen LogP contribution in [-0.2, 0) is 14.3 Å². The van der Waals surface area contributed by atoms with Crippen LogP contribution in [0.2, 0.25) is 10.0 Å². The minimum absolute atomic E-state index is 0.112. The van der Waals surface area contributed by atoms with Gasteiger partial charge in [0, 0.05) is 33.6 Å². The van der Waals surface area contributed by atoms with Gasteiger partial charge in [0.1, 0.15) is 6.04 Å². The van der Waals surface area contributed by atoms with Gasteiger partial charge in [-0.15, -0.1) is 0 Å². The molecule has 13 heteroatoms. The van der Waals surface area contributed by atoms with Gasteiger partial charge in [0.15, 0.2) is 6.61 Å². The van der Waals surface area contributed by atoms with E-state index >= 15 is 0 Å². The van der Waals surface area contributed by atoms with Gasteiger partial charge >= 0.3 is 5.97 Å². The number of nitrogens with zero attached hydrogens (tertiary/aromatic N) is 1. The molecule has 0 radical (unpaired) electrons. The molecular formula is C21H14Br4Cl2N2O5. The Morgan fingerprint density at radius 1 is 0.912 bits per heavy atom. The number of halogens is 6. The number of esters is 1. The number of hydrogen-bond donors (Lipinski definition) is 1. The quantitative estimate of drug-likeness (QED) is 0.151. The Balaban J connectivity index is 1.81. The SMILES string of the molecule is CC(C)[C@H](C(=O)OCC(=O)Nc1cc(Cl)cc(Cl)c1)N1C(=O)c2c(Br)c(Br)c(Br)c(Br)c2C1=O. The molecular weight excluding hydrogens is 751 g/mol. The molecule has 0 saturated heterocycles. The monoisotopic (exact) mass is 760 g/mol. The fraction of sp³-hybridized carbons (Fsp3) is 0.238. The molecule has 1 heterocycles. The first kappa shape index (κ1) is 27.6. The van der Waals surface area contributed by atoms with Crippen molar-refractivity contribution in [3.05, 3.63) is 57.3 Å². The molecule has 34 heavy (non-hydrogen) atoms. The highest BCUT2D eigenvalue weighted by molar-refractivity contribution is 9.15. The standard InChI is InChI=1S/C21H14Br4Cl2N2O5/c1-7(2)18(21(33)34-6-11(30)28-10-4-8(26)3-9(27)5-10)29-19(31)12-13(20(29)32)15(23)17(25)16(24)14(12)22/h3-5,7,18H,6H2,1-2H3,(H,28,30)/t18-/m1/s1. The summed E-state index contributed by atoms with van der Waals surface area (Å²) in [4.78, 5) is 52.6. The third-order valence-electron chi connectivity index (χ3n) is 4.78. The van der Waals surface area contributed by atoms with Crippen molar-refractivity contribution in [2.24, 2.45) is 5.92 Å². The summed E-state index contributed by atoms with van der Waals surface area (Å²) in [6, 6.07) is 3.21. The van der Waals surface area contributed by atoms with Gasteiger partial charge in [-0.05, 0) is 87.8 Å². The molecule has 2 aromatic rings. The number of imide groups is 1. The lowest BCUT2D eigenvalue weighted by Crippen LogP contribution is -2.49. The van der Waals surface area contributed by atoms with Crippen molar-refractivity contribution in [3.63, 3.8) is 0 Å². The number of benzene rings is 2. The highest BCUT2D eigenvalue weighted by Crippen LogP contribution is 2.46. The van der Waals surface area contributed by atoms with Gasteiger partial charge in [-0.1, -0.05) is 37.0 Å². The minimum Gasteiger partial charge on any atom is -0.454 e. The third-order valence-corrected chi connectivity index (χ3v) is 9.98. The van der Waals surface area contributed by atoms with Gasteiger partial charge in [0.05, 0.1) is 11.1 Å². The summed E-state index contributed by atoms with van der Waals surface area (Å²) in [5, 5.41) is 3.16. The van der Waals surface area contributed by atoms with Crippen LogP contribution in [0.3, 0.4) is 0 Å². The Labute approximate surface area is 238 Å². The van der Waals surface area contributed by atoms with Crippen molar-refractivity contribution >= 4 is 116 Å². The number of hydrogen-bond acceptors (Lipinski definition) is 5. The number of nitrogens with one attached hydrogen (secondary N) is 1. The molecule has 0 saturated carbocycles. The molecule has 0 aromatic heterocycles. The molecule has 1 aliphatic rings. The second-order valence-corrected chi connectivity index (χ2v) is 11.5. The van der Waals surface area contributed by atoms with E-state index in [1.54, 1.807) is 13.8 Å². The highest BCUT2D eigenvalue weighted by atomic mass is 79.9. The Kier molecular flexibility index (Phi) is 8.90. The third kappa shape index (κ3) is 5.39. The fourth-order valence-electron chi connectivity index (χ4n) is 3.34. The molecule has 3 rings (SSSR count). The topological polar surface area (TPSA) is 92.8 Å². The lowest BCUT2D eigenvalue weighted by Gasteiger charge is -2.27. The molecule has 0 unspecified atom stereocenters. The van der Waals surface area contributed by atoms with E-state index < -0.39 is 42.3 Å². The number of fused-ring (bicyclic) bond motifs is 1. The normalized spacial score (nSPS) is 13.9. The molecule has 0 spiro atoms. The maximum Gasteiger partial charge on any atom is 0.330 e. The second kappa shape index (κ2) is 11.0. The molecule has 7 nitrogen and oxygen atoms in total. The number of rotatable bonds is 6. The van der Waals surface area contributed by atoms with Gasteiger partial charge in [-0.2, -0.15) is 0 Å². The molecule has 1 aliphatic heterocycles. The van der Waals surface area contributed by atoms with E-state index in [0.717, 1.165) is 4.90 Å². The summed E-state index contributed by atoms with van der Waals surface area (Å²) >= 11 is 25.2. The molecule has 180 valence electrons. The summed E-state index contributed by atoms with van der Waals surface area (Å²) in [6.07, 6.45) is 0. The Hall–Kier alpha value is -0.980. The van der Waals surface area contributed by atoms with Gasteiger partial charge in [-0.3, -0.25) is 19.3 Å². The van der Waals surface area contributed by atoms with Crippen LogP contribution in [0.15, 0.2) is 36.1 Å². The molecule has 2 aromatic carbocycles. The summed E-state index contributed by atoms with van der Waals surface area (Å²) < 4.78 is 6.97. The Morgan fingerprint density at radius 3 is 1.82 bits per heavy atom. The van der Waals surface area contributed by atoms with E-state index in [0.29, 0.717) is 33.6 Å². The van der Waals surface area contributed by atoms with Crippen molar-refractivity contribution < 1.29 is 23.9 Å². The summed E-state index contributed by atoms with van der Waals surface area (Å²) in [7, 11) is 0. The molecule has 0 fully saturated rings. The second-order valence-electron chi connectivity index (χ2n) is 7.49. The molecule has 3 amide bonds. The minimum atomic E-state index is -1.25.